The predicted molar refractivity (Wildman–Crippen MR) is 139 cm³/mol. The molecule has 1 saturated heterocycles. The number of nitrogens with two attached hydrogens (primary N) is 1. The molecule has 2 heterocycles. The van der Waals surface area contributed by atoms with Crippen LogP contribution in [0.4, 0.5) is 23.4 Å². The summed E-state index contributed by atoms with van der Waals surface area (Å²) < 4.78 is 93.1. The van der Waals surface area contributed by atoms with E-state index in [-0.39, 0.29) is 4.57 Å². The van der Waals surface area contributed by atoms with Gasteiger partial charge in [-0.3, -0.25) is 18.7 Å². The smallest absolute Gasteiger partial charge is 0.351 e. The van der Waals surface area contributed by atoms with Crippen LogP contribution in [0.5, 0.6) is 0 Å². The van der Waals surface area contributed by atoms with Crippen LogP contribution in [0.3, 0.4) is 0 Å². The van der Waals surface area contributed by atoms with Crippen LogP contribution in [-0.4, -0.2) is 81.5 Å². The van der Waals surface area contributed by atoms with Crippen molar-refractivity contribution in [2.45, 2.75) is 96.1 Å². The van der Waals surface area contributed by atoms with Crippen molar-refractivity contribution in [3.63, 3.8) is 0 Å². The van der Waals surface area contributed by atoms with Gasteiger partial charge in [0.15, 0.2) is 11.7 Å². The summed E-state index contributed by atoms with van der Waals surface area (Å²) in [5.74, 6) is -7.06. The average molecular weight is 654 g/mol. The van der Waals surface area contributed by atoms with E-state index in [0.29, 0.717) is 6.20 Å². The second-order valence-electron chi connectivity index (χ2n) is 9.96. The van der Waals surface area contributed by atoms with E-state index in [1.165, 1.54) is 27.7 Å². The van der Waals surface area contributed by atoms with Crippen LogP contribution in [0.1, 0.15) is 47.8 Å². The lowest BCUT2D eigenvalue weighted by Gasteiger charge is -2.33. The zero-order valence-electron chi connectivity index (χ0n) is 23.3. The predicted octanol–water partition coefficient (Wildman–Crippen LogP) is 1.99. The Hall–Kier alpha value is -2.34. The summed E-state index contributed by atoms with van der Waals surface area (Å²) in [6, 6.07) is -2.90. The van der Waals surface area contributed by atoms with Gasteiger partial charge < -0.3 is 29.6 Å². The van der Waals surface area contributed by atoms with Gasteiger partial charge in [0.2, 0.25) is 6.23 Å². The van der Waals surface area contributed by atoms with Gasteiger partial charge in [0.05, 0.1) is 23.8 Å². The number of aliphatic hydroxyl groups is 1. The Morgan fingerprint density at radius 2 is 1.62 bits per heavy atom. The number of carbonyl (C=O) groups is 2. The van der Waals surface area contributed by atoms with Crippen molar-refractivity contribution in [2.75, 3.05) is 12.3 Å². The number of nitrogens with one attached hydrogen (secondary N) is 2. The quantitative estimate of drug-likeness (QED) is 0.137. The Bertz CT molecular complexity index is 1220. The third-order valence-electron chi connectivity index (χ3n) is 5.65. The minimum absolute atomic E-state index is 0.0517. The maximum atomic E-state index is 15.2. The molecule has 20 heteroatoms. The van der Waals surface area contributed by atoms with Crippen LogP contribution < -0.4 is 21.6 Å². The molecule has 0 bridgehead atoms. The second kappa shape index (κ2) is 13.5. The molecule has 1 aromatic heterocycles. The molecule has 1 fully saturated rings. The van der Waals surface area contributed by atoms with Gasteiger partial charge in [0.25, 0.3) is 6.43 Å². The molecular formula is C22H33ClF4N5O9P. The fourth-order valence-corrected chi connectivity index (χ4v) is 5.60. The summed E-state index contributed by atoms with van der Waals surface area (Å²) in [4.78, 5) is 40.1. The largest absolute Gasteiger partial charge is 0.462 e. The lowest BCUT2D eigenvalue weighted by Crippen LogP contribution is -2.55. The van der Waals surface area contributed by atoms with Gasteiger partial charge in [0.1, 0.15) is 17.9 Å². The van der Waals surface area contributed by atoms with Crippen molar-refractivity contribution in [1.82, 2.24) is 19.7 Å². The van der Waals surface area contributed by atoms with Crippen LogP contribution >= 0.6 is 19.3 Å². The summed E-state index contributed by atoms with van der Waals surface area (Å²) in [5, 5.41) is 14.3. The molecule has 1 aliphatic rings. The summed E-state index contributed by atoms with van der Waals surface area (Å²) in [7, 11) is -4.83. The lowest BCUT2D eigenvalue weighted by atomic mass is 9.96. The van der Waals surface area contributed by atoms with Crippen LogP contribution in [0.15, 0.2) is 11.0 Å². The zero-order chi connectivity index (χ0) is 32.4. The van der Waals surface area contributed by atoms with E-state index in [4.69, 9.17) is 36.1 Å². The first kappa shape index (κ1) is 35.9. The number of esters is 2. The first-order valence-corrected chi connectivity index (χ1v) is 14.4. The van der Waals surface area contributed by atoms with E-state index in [9.17, 15) is 32.8 Å². The third-order valence-corrected chi connectivity index (χ3v) is 7.89. The van der Waals surface area contributed by atoms with E-state index in [2.05, 4.69) is 15.2 Å². The number of hydrogen-bond acceptors (Lipinski definition) is 11. The highest BCUT2D eigenvalue weighted by Gasteiger charge is 2.71. The van der Waals surface area contributed by atoms with Crippen LogP contribution in [0.25, 0.3) is 0 Å². The highest BCUT2D eigenvalue weighted by molar-refractivity contribution is 7.54. The van der Waals surface area contributed by atoms with Gasteiger partial charge in [0, 0.05) is 6.20 Å². The van der Waals surface area contributed by atoms with Crippen molar-refractivity contribution < 1.29 is 55.6 Å². The number of halogens is 5. The van der Waals surface area contributed by atoms with Crippen LogP contribution in [0, 0.1) is 0 Å². The van der Waals surface area contributed by atoms with Crippen molar-refractivity contribution in [1.29, 1.82) is 0 Å². The molecule has 5 atom stereocenters. The number of alkyl halides is 4. The highest BCUT2D eigenvalue weighted by atomic mass is 35.5. The molecule has 5 N–H and O–H groups in total. The van der Waals surface area contributed by atoms with Crippen molar-refractivity contribution in [2.24, 2.45) is 0 Å². The fourth-order valence-electron chi connectivity index (χ4n) is 3.61. The number of hydrogen-bond donors (Lipinski definition) is 4. The van der Waals surface area contributed by atoms with Gasteiger partial charge in [-0.15, -0.1) is 0 Å². The first-order valence-electron chi connectivity index (χ1n) is 12.4. The molecule has 0 saturated carbocycles. The van der Waals surface area contributed by atoms with Crippen LogP contribution in [-0.2, 0) is 32.9 Å². The first-order chi connectivity index (χ1) is 19.2. The van der Waals surface area contributed by atoms with E-state index in [1.807, 2.05) is 0 Å². The Morgan fingerprint density at radius 3 is 2.05 bits per heavy atom. The second-order valence-corrected chi connectivity index (χ2v) is 12.2. The third kappa shape index (κ3) is 7.98. The average Bonchev–Trinajstić information content (AvgIpc) is 3.05. The van der Waals surface area contributed by atoms with Gasteiger partial charge >= 0.3 is 31.2 Å². The topological polar surface area (TPSA) is 193 Å². The normalized spacial score (nSPS) is 23.8. The molecule has 0 radical (unpaired) electrons. The standard InChI is InChI=1S/C22H33ClF4N5O9P/c1-9(2)39-15(33)11(5)30-42(37,31-12(6)16(34)40-10(3)4)38-8-21(18(24)25)17(35)22(26,27)19(41-21)32-7-13(23)14(28)29-20(32)36/h7,9-12,17-19,35H,8H2,1-6H3,(H2,28,29,36)(H2,30,31,37)/t11-,12-,17+,19+,21+/m0/s1. The molecular weight excluding hydrogens is 621 g/mol. The molecule has 2 rings (SSSR count). The Labute approximate surface area is 242 Å². The molecule has 0 aromatic carbocycles. The van der Waals surface area contributed by atoms with Crippen LogP contribution in [0.2, 0.25) is 5.02 Å². The van der Waals surface area contributed by atoms with Crippen molar-refractivity contribution in [3.05, 3.63) is 21.7 Å². The number of ether oxygens (including phenoxy) is 3. The Kier molecular flexibility index (Phi) is 11.5. The maximum Gasteiger partial charge on any atom is 0.351 e. The number of aromatic nitrogens is 2. The van der Waals surface area contributed by atoms with Gasteiger partial charge in [-0.25, -0.2) is 23.7 Å². The molecule has 0 aliphatic carbocycles. The minimum atomic E-state index is -4.83. The molecule has 0 spiro atoms. The van der Waals surface area contributed by atoms with E-state index in [0.717, 1.165) is 13.8 Å². The molecule has 1 aliphatic heterocycles. The van der Waals surface area contributed by atoms with E-state index < -0.39 is 97.3 Å². The molecule has 240 valence electrons. The fraction of sp³-hybridized carbons (Fsp3) is 0.727. The van der Waals surface area contributed by atoms with Gasteiger partial charge in [-0.05, 0) is 41.5 Å². The number of nitrogens with zero attached hydrogens (tertiary/aromatic N) is 2. The summed E-state index contributed by atoms with van der Waals surface area (Å²) >= 11 is 5.75. The van der Waals surface area contributed by atoms with Gasteiger partial charge in [-0.1, -0.05) is 11.6 Å². The summed E-state index contributed by atoms with van der Waals surface area (Å²) in [6.45, 7) is 6.67. The molecule has 42 heavy (non-hydrogen) atoms. The molecule has 14 nitrogen and oxygen atoms in total. The SMILES string of the molecule is CC(C)OC(=O)[C@H](C)NP(=O)(N[C@@H](C)C(=O)OC(C)C)OC[C@@]1(C(F)F)O[C@@H](n2cc(Cl)c(N)nc2=O)C(F)(F)[C@@H]1O. The Morgan fingerprint density at radius 1 is 1.14 bits per heavy atom. The Balaban J connectivity index is 2.47. The molecule has 0 amide bonds. The minimum Gasteiger partial charge on any atom is -0.462 e. The highest BCUT2D eigenvalue weighted by Crippen LogP contribution is 2.52. The molecule has 0 unspecified atom stereocenters. The maximum absolute atomic E-state index is 15.2. The zero-order valence-corrected chi connectivity index (χ0v) is 25.0. The monoisotopic (exact) mass is 653 g/mol. The number of carbonyl (C=O) groups excluding carboxylic acids is 2. The summed E-state index contributed by atoms with van der Waals surface area (Å²) in [5.41, 5.74) is 0.294. The number of aliphatic hydroxyl groups excluding tert-OH is 1. The van der Waals surface area contributed by atoms with E-state index >= 15 is 8.78 Å². The number of nitrogen functional groups attached to an aromatic ring is 1. The lowest BCUT2D eigenvalue weighted by molar-refractivity contribution is -0.192. The van der Waals surface area contributed by atoms with Gasteiger partial charge in [-0.2, -0.15) is 13.8 Å². The van der Waals surface area contributed by atoms with Crippen molar-refractivity contribution >= 4 is 37.0 Å². The van der Waals surface area contributed by atoms with Crippen molar-refractivity contribution in [3.8, 4) is 0 Å². The molecule has 1 aromatic rings. The summed E-state index contributed by atoms with van der Waals surface area (Å²) in [6.07, 6.45) is -10.8. The number of anilines is 1. The number of rotatable bonds is 13. The van der Waals surface area contributed by atoms with E-state index in [1.54, 1.807) is 0 Å².